The molecule has 116 valence electrons. The van der Waals surface area contributed by atoms with E-state index in [1.165, 1.54) is 16.7 Å². The summed E-state index contributed by atoms with van der Waals surface area (Å²) in [4.78, 5) is 0. The van der Waals surface area contributed by atoms with Gasteiger partial charge in [0.15, 0.2) is 0 Å². The van der Waals surface area contributed by atoms with Crippen LogP contribution in [0.25, 0.3) is 0 Å². The minimum absolute atomic E-state index is 0.0380. The molecule has 23 heavy (non-hydrogen) atoms. The third-order valence-corrected chi connectivity index (χ3v) is 4.24. The van der Waals surface area contributed by atoms with E-state index in [1.54, 1.807) is 0 Å². The summed E-state index contributed by atoms with van der Waals surface area (Å²) >= 11 is 0. The summed E-state index contributed by atoms with van der Waals surface area (Å²) in [6.07, 6.45) is 0. The monoisotopic (exact) mass is 302 g/mol. The van der Waals surface area contributed by atoms with Gasteiger partial charge in [0.05, 0.1) is 0 Å². The van der Waals surface area contributed by atoms with Gasteiger partial charge in [-0.1, -0.05) is 65.7 Å². The molecular weight excluding hydrogens is 280 g/mol. The SMILES string of the molecule is Cc1ccc(N)c(C(c2ccccc2)c2cc(C)ccc2N)c1. The van der Waals surface area contributed by atoms with Crippen molar-refractivity contribution in [1.82, 2.24) is 0 Å². The molecule has 0 aliphatic heterocycles. The number of benzene rings is 3. The number of hydrogen-bond acceptors (Lipinski definition) is 2. The summed E-state index contributed by atoms with van der Waals surface area (Å²) in [5, 5.41) is 0. The lowest BCUT2D eigenvalue weighted by atomic mass is 9.82. The Morgan fingerprint density at radius 3 is 1.61 bits per heavy atom. The van der Waals surface area contributed by atoms with Crippen LogP contribution in [0.5, 0.6) is 0 Å². The van der Waals surface area contributed by atoms with Gasteiger partial charge in [0.2, 0.25) is 0 Å². The summed E-state index contributed by atoms with van der Waals surface area (Å²) in [5.74, 6) is 0.0380. The lowest BCUT2D eigenvalue weighted by Crippen LogP contribution is -2.09. The molecule has 0 amide bonds. The Hall–Kier alpha value is -2.74. The maximum absolute atomic E-state index is 6.31. The number of anilines is 2. The number of nitrogens with two attached hydrogens (primary N) is 2. The van der Waals surface area contributed by atoms with Gasteiger partial charge >= 0.3 is 0 Å². The van der Waals surface area contributed by atoms with Crippen LogP contribution >= 0.6 is 0 Å². The van der Waals surface area contributed by atoms with Gasteiger partial charge < -0.3 is 11.5 Å². The van der Waals surface area contributed by atoms with Crippen LogP contribution in [-0.2, 0) is 0 Å². The van der Waals surface area contributed by atoms with Crippen molar-refractivity contribution >= 4 is 11.4 Å². The second-order valence-electron chi connectivity index (χ2n) is 6.11. The van der Waals surface area contributed by atoms with E-state index in [0.29, 0.717) is 0 Å². The molecule has 0 fully saturated rings. The molecule has 0 saturated heterocycles. The van der Waals surface area contributed by atoms with Crippen molar-refractivity contribution in [2.75, 3.05) is 11.5 Å². The summed E-state index contributed by atoms with van der Waals surface area (Å²) in [5.41, 5.74) is 20.0. The highest BCUT2D eigenvalue weighted by atomic mass is 14.6. The van der Waals surface area contributed by atoms with Crippen molar-refractivity contribution in [3.63, 3.8) is 0 Å². The lowest BCUT2D eigenvalue weighted by molar-refractivity contribution is 0.978. The van der Waals surface area contributed by atoms with Crippen LogP contribution in [0, 0.1) is 13.8 Å². The zero-order chi connectivity index (χ0) is 16.4. The Labute approximate surface area is 137 Å². The highest BCUT2D eigenvalue weighted by molar-refractivity contribution is 5.62. The molecular formula is C21H22N2. The molecule has 0 saturated carbocycles. The number of aryl methyl sites for hydroxylation is 2. The van der Waals surface area contributed by atoms with Crippen molar-refractivity contribution in [2.45, 2.75) is 19.8 Å². The smallest absolute Gasteiger partial charge is 0.0380 e. The molecule has 4 N–H and O–H groups in total. The molecule has 3 rings (SSSR count). The zero-order valence-corrected chi connectivity index (χ0v) is 13.6. The summed E-state index contributed by atoms with van der Waals surface area (Å²) in [6, 6.07) is 22.8. The second kappa shape index (κ2) is 6.17. The molecule has 2 heteroatoms. The van der Waals surface area contributed by atoms with Gasteiger partial charge in [0.1, 0.15) is 0 Å². The maximum Gasteiger partial charge on any atom is 0.0380 e. The molecule has 3 aromatic carbocycles. The summed E-state index contributed by atoms with van der Waals surface area (Å²) in [6.45, 7) is 4.18. The Morgan fingerprint density at radius 2 is 1.13 bits per heavy atom. The van der Waals surface area contributed by atoms with Crippen molar-refractivity contribution in [1.29, 1.82) is 0 Å². The highest BCUT2D eigenvalue weighted by Gasteiger charge is 2.21. The minimum Gasteiger partial charge on any atom is -0.398 e. The van der Waals surface area contributed by atoms with E-state index in [1.807, 2.05) is 30.3 Å². The molecule has 0 aliphatic rings. The quantitative estimate of drug-likeness (QED) is 0.546. The van der Waals surface area contributed by atoms with Crippen LogP contribution in [0.3, 0.4) is 0 Å². The van der Waals surface area contributed by atoms with Gasteiger partial charge in [-0.2, -0.15) is 0 Å². The van der Waals surface area contributed by atoms with Crippen LogP contribution in [0.15, 0.2) is 66.7 Å². The highest BCUT2D eigenvalue weighted by Crippen LogP contribution is 2.38. The van der Waals surface area contributed by atoms with Crippen LogP contribution in [0.2, 0.25) is 0 Å². The zero-order valence-electron chi connectivity index (χ0n) is 13.6. The number of nitrogen functional groups attached to an aromatic ring is 2. The van der Waals surface area contributed by atoms with Crippen LogP contribution in [0.1, 0.15) is 33.7 Å². The molecule has 0 spiro atoms. The maximum atomic E-state index is 6.31. The molecule has 0 aliphatic carbocycles. The van der Waals surface area contributed by atoms with Crippen molar-refractivity contribution in [3.8, 4) is 0 Å². The third-order valence-electron chi connectivity index (χ3n) is 4.24. The molecule has 0 heterocycles. The third kappa shape index (κ3) is 3.07. The first-order valence-corrected chi connectivity index (χ1v) is 7.83. The lowest BCUT2D eigenvalue weighted by Gasteiger charge is -2.23. The van der Waals surface area contributed by atoms with E-state index in [4.69, 9.17) is 11.5 Å². The van der Waals surface area contributed by atoms with Crippen LogP contribution < -0.4 is 11.5 Å². The molecule has 3 aromatic rings. The van der Waals surface area contributed by atoms with Gasteiger partial charge in [0.25, 0.3) is 0 Å². The van der Waals surface area contributed by atoms with Crippen LogP contribution in [-0.4, -0.2) is 0 Å². The fourth-order valence-electron chi connectivity index (χ4n) is 3.06. The van der Waals surface area contributed by atoms with E-state index in [2.05, 4.69) is 50.2 Å². The number of hydrogen-bond donors (Lipinski definition) is 2. The van der Waals surface area contributed by atoms with Crippen molar-refractivity contribution in [3.05, 3.63) is 94.5 Å². The molecule has 0 bridgehead atoms. The predicted octanol–water partition coefficient (Wildman–Crippen LogP) is 4.65. The van der Waals surface area contributed by atoms with E-state index in [-0.39, 0.29) is 5.92 Å². The molecule has 2 nitrogen and oxygen atoms in total. The average Bonchev–Trinajstić information content (AvgIpc) is 2.55. The Balaban J connectivity index is 2.27. The topological polar surface area (TPSA) is 52.0 Å². The minimum atomic E-state index is 0.0380. The van der Waals surface area contributed by atoms with Gasteiger partial charge in [-0.15, -0.1) is 0 Å². The Bertz CT molecular complexity index is 771. The van der Waals surface area contributed by atoms with Crippen molar-refractivity contribution in [2.24, 2.45) is 0 Å². The van der Waals surface area contributed by atoms with Crippen LogP contribution in [0.4, 0.5) is 11.4 Å². The molecule has 0 aromatic heterocycles. The molecule has 0 unspecified atom stereocenters. The largest absolute Gasteiger partial charge is 0.398 e. The normalized spacial score (nSPS) is 10.9. The van der Waals surface area contributed by atoms with E-state index in [0.717, 1.165) is 22.5 Å². The van der Waals surface area contributed by atoms with Gasteiger partial charge in [-0.3, -0.25) is 0 Å². The molecule has 0 radical (unpaired) electrons. The summed E-state index contributed by atoms with van der Waals surface area (Å²) in [7, 11) is 0. The van der Waals surface area contributed by atoms with E-state index in [9.17, 15) is 0 Å². The average molecular weight is 302 g/mol. The molecule has 0 atom stereocenters. The summed E-state index contributed by atoms with van der Waals surface area (Å²) < 4.78 is 0. The number of rotatable bonds is 3. The first-order valence-electron chi connectivity index (χ1n) is 7.83. The van der Waals surface area contributed by atoms with Crippen molar-refractivity contribution < 1.29 is 0 Å². The predicted molar refractivity (Wildman–Crippen MR) is 98.6 cm³/mol. The fourth-order valence-corrected chi connectivity index (χ4v) is 3.06. The van der Waals surface area contributed by atoms with Gasteiger partial charge in [-0.25, -0.2) is 0 Å². The van der Waals surface area contributed by atoms with E-state index >= 15 is 0 Å². The van der Waals surface area contributed by atoms with E-state index < -0.39 is 0 Å². The standard InChI is InChI=1S/C21H22N2/c1-14-8-10-19(22)17(12-14)21(16-6-4-3-5-7-16)18-13-15(2)9-11-20(18)23/h3-13,21H,22-23H2,1-2H3. The second-order valence-corrected chi connectivity index (χ2v) is 6.11. The fraction of sp³-hybridized carbons (Fsp3) is 0.143. The Kier molecular flexibility index (Phi) is 4.07. The Morgan fingerprint density at radius 1 is 0.652 bits per heavy atom. The first kappa shape index (κ1) is 15.2. The van der Waals surface area contributed by atoms with Gasteiger partial charge in [-0.05, 0) is 42.7 Å². The van der Waals surface area contributed by atoms with Gasteiger partial charge in [0, 0.05) is 17.3 Å². The first-order chi connectivity index (χ1) is 11.1.